The molecule has 1 saturated heterocycles. The van der Waals surface area contributed by atoms with E-state index in [0.717, 1.165) is 0 Å². The number of amides is 1. The first kappa shape index (κ1) is 20.8. The first-order valence-electron chi connectivity index (χ1n) is 8.63. The molecule has 152 valence electrons. The van der Waals surface area contributed by atoms with Gasteiger partial charge in [-0.1, -0.05) is 11.6 Å². The van der Waals surface area contributed by atoms with Crippen molar-refractivity contribution in [3.8, 4) is 0 Å². The number of halogens is 3. The number of piperidine rings is 1. The van der Waals surface area contributed by atoms with Gasteiger partial charge in [0.15, 0.2) is 11.0 Å². The van der Waals surface area contributed by atoms with Crippen molar-refractivity contribution in [3.63, 3.8) is 0 Å². The van der Waals surface area contributed by atoms with E-state index in [1.807, 2.05) is 0 Å². The summed E-state index contributed by atoms with van der Waals surface area (Å²) in [7, 11) is 0. The lowest BCUT2D eigenvalue weighted by molar-refractivity contribution is 0.0473. The number of rotatable bonds is 2. The number of hydrogen-bond donors (Lipinski definition) is 2. The minimum Gasteiger partial charge on any atom is -0.444 e. The third-order valence-electron chi connectivity index (χ3n) is 4.04. The van der Waals surface area contributed by atoms with Gasteiger partial charge >= 0.3 is 6.09 Å². The second kappa shape index (κ2) is 7.81. The normalized spacial score (nSPS) is 20.3. The summed E-state index contributed by atoms with van der Waals surface area (Å²) < 4.78 is 19.6. The number of carbonyl (C=O) groups is 1. The van der Waals surface area contributed by atoms with Crippen LogP contribution >= 0.6 is 23.2 Å². The third-order valence-corrected chi connectivity index (χ3v) is 4.48. The smallest absolute Gasteiger partial charge is 0.407 e. The highest BCUT2D eigenvalue weighted by Crippen LogP contribution is 2.30. The van der Waals surface area contributed by atoms with E-state index < -0.39 is 29.7 Å². The Morgan fingerprint density at radius 2 is 2.07 bits per heavy atom. The standard InChI is InChI=1S/C17H20Cl2FN5O3/c1-17(2,3)28-16(27)22-8-4-9(26)7-25(6-8)14-10-5-21-13(18)11(20)12(10)23-15(19)24-14/h5,8-9,26H,4,6-7H2,1-3H3,(H,22,27). The van der Waals surface area contributed by atoms with E-state index in [2.05, 4.69) is 20.3 Å². The first-order valence-corrected chi connectivity index (χ1v) is 9.39. The molecule has 0 bridgehead atoms. The predicted molar refractivity (Wildman–Crippen MR) is 103 cm³/mol. The number of carbonyl (C=O) groups excluding carboxylic acids is 1. The number of ether oxygens (including phenoxy) is 1. The summed E-state index contributed by atoms with van der Waals surface area (Å²) in [5.74, 6) is -0.501. The second-order valence-electron chi connectivity index (χ2n) is 7.58. The Kier molecular flexibility index (Phi) is 5.79. The highest BCUT2D eigenvalue weighted by atomic mass is 35.5. The van der Waals surface area contributed by atoms with Crippen LogP contribution in [0.4, 0.5) is 15.0 Å². The van der Waals surface area contributed by atoms with Gasteiger partial charge in [-0.3, -0.25) is 0 Å². The first-order chi connectivity index (χ1) is 13.0. The monoisotopic (exact) mass is 431 g/mol. The number of aromatic nitrogens is 3. The van der Waals surface area contributed by atoms with Crippen LogP contribution in [0.1, 0.15) is 27.2 Å². The van der Waals surface area contributed by atoms with Crippen LogP contribution in [-0.4, -0.2) is 57.0 Å². The van der Waals surface area contributed by atoms with Crippen LogP contribution in [0.3, 0.4) is 0 Å². The Labute approximate surface area is 171 Å². The summed E-state index contributed by atoms with van der Waals surface area (Å²) in [5.41, 5.74) is -0.706. The molecule has 2 unspecified atom stereocenters. The van der Waals surface area contributed by atoms with Gasteiger partial charge in [-0.2, -0.15) is 4.98 Å². The number of nitrogens with zero attached hydrogens (tertiary/aromatic N) is 4. The van der Waals surface area contributed by atoms with Crippen LogP contribution in [0.5, 0.6) is 0 Å². The molecular weight excluding hydrogens is 412 g/mol. The Morgan fingerprint density at radius 1 is 1.36 bits per heavy atom. The van der Waals surface area contributed by atoms with Gasteiger partial charge in [-0.15, -0.1) is 0 Å². The van der Waals surface area contributed by atoms with Crippen molar-refractivity contribution in [2.75, 3.05) is 18.0 Å². The molecule has 2 aromatic rings. The molecule has 3 heterocycles. The van der Waals surface area contributed by atoms with Gasteiger partial charge in [0.05, 0.1) is 17.5 Å². The van der Waals surface area contributed by atoms with Gasteiger partial charge in [-0.25, -0.2) is 19.2 Å². The number of aliphatic hydroxyl groups excluding tert-OH is 1. The fourth-order valence-electron chi connectivity index (χ4n) is 3.06. The minimum absolute atomic E-state index is 0.0632. The van der Waals surface area contributed by atoms with Crippen LogP contribution < -0.4 is 10.2 Å². The molecule has 0 saturated carbocycles. The number of aliphatic hydroxyl groups is 1. The Hall–Kier alpha value is -1.97. The van der Waals surface area contributed by atoms with Crippen LogP contribution in [0.25, 0.3) is 10.9 Å². The second-order valence-corrected chi connectivity index (χ2v) is 8.28. The van der Waals surface area contributed by atoms with Gasteiger partial charge in [0.25, 0.3) is 0 Å². The number of anilines is 1. The molecule has 28 heavy (non-hydrogen) atoms. The zero-order valence-corrected chi connectivity index (χ0v) is 17.1. The molecule has 0 radical (unpaired) electrons. The molecule has 3 rings (SSSR count). The summed E-state index contributed by atoms with van der Waals surface area (Å²) in [5, 5.41) is 12.8. The zero-order chi connectivity index (χ0) is 20.6. The van der Waals surface area contributed by atoms with Gasteiger partial charge in [0.2, 0.25) is 5.28 Å². The SMILES string of the molecule is CC(C)(C)OC(=O)NC1CC(O)CN(c2nc(Cl)nc3c(F)c(Cl)ncc23)C1. The molecular formula is C17H20Cl2FN5O3. The topological polar surface area (TPSA) is 100 Å². The molecule has 0 spiro atoms. The Morgan fingerprint density at radius 3 is 2.75 bits per heavy atom. The lowest BCUT2D eigenvalue weighted by atomic mass is 10.0. The van der Waals surface area contributed by atoms with Crippen molar-refractivity contribution in [1.82, 2.24) is 20.3 Å². The third kappa shape index (κ3) is 4.71. The fraction of sp³-hybridized carbons (Fsp3) is 0.529. The molecule has 0 aliphatic carbocycles. The number of alkyl carbamates (subject to hydrolysis) is 1. The summed E-state index contributed by atoms with van der Waals surface area (Å²) >= 11 is 11.7. The maximum Gasteiger partial charge on any atom is 0.407 e. The molecule has 8 nitrogen and oxygen atoms in total. The van der Waals surface area contributed by atoms with E-state index in [9.17, 15) is 14.3 Å². The predicted octanol–water partition coefficient (Wildman–Crippen LogP) is 2.94. The van der Waals surface area contributed by atoms with E-state index in [4.69, 9.17) is 27.9 Å². The van der Waals surface area contributed by atoms with Crippen molar-refractivity contribution in [3.05, 3.63) is 22.5 Å². The van der Waals surface area contributed by atoms with E-state index in [1.54, 1.807) is 25.7 Å². The number of fused-ring (bicyclic) bond motifs is 1. The van der Waals surface area contributed by atoms with Crippen molar-refractivity contribution >= 4 is 46.0 Å². The number of nitrogens with one attached hydrogen (secondary N) is 1. The quantitative estimate of drug-likeness (QED) is 0.556. The Balaban J connectivity index is 1.89. The molecule has 2 N–H and O–H groups in total. The van der Waals surface area contributed by atoms with E-state index in [-0.39, 0.29) is 22.5 Å². The Bertz CT molecular complexity index is 908. The fourth-order valence-corrected chi connectivity index (χ4v) is 3.36. The van der Waals surface area contributed by atoms with Crippen molar-refractivity contribution in [1.29, 1.82) is 0 Å². The van der Waals surface area contributed by atoms with Crippen molar-refractivity contribution in [2.24, 2.45) is 0 Å². The van der Waals surface area contributed by atoms with Crippen molar-refractivity contribution in [2.45, 2.75) is 44.9 Å². The lowest BCUT2D eigenvalue weighted by Gasteiger charge is -2.37. The summed E-state index contributed by atoms with van der Waals surface area (Å²) in [4.78, 5) is 25.6. The largest absolute Gasteiger partial charge is 0.444 e. The molecule has 11 heteroatoms. The highest BCUT2D eigenvalue weighted by Gasteiger charge is 2.31. The van der Waals surface area contributed by atoms with E-state index >= 15 is 0 Å². The lowest BCUT2D eigenvalue weighted by Crippen LogP contribution is -2.53. The summed E-state index contributed by atoms with van der Waals surface area (Å²) in [6, 6.07) is -0.410. The van der Waals surface area contributed by atoms with Crippen LogP contribution in [0, 0.1) is 5.82 Å². The average Bonchev–Trinajstić information content (AvgIpc) is 2.55. The number of hydrogen-bond acceptors (Lipinski definition) is 7. The zero-order valence-electron chi connectivity index (χ0n) is 15.5. The average molecular weight is 432 g/mol. The van der Waals surface area contributed by atoms with E-state index in [1.165, 1.54) is 6.20 Å². The van der Waals surface area contributed by atoms with Crippen molar-refractivity contribution < 1.29 is 19.0 Å². The maximum absolute atomic E-state index is 14.3. The highest BCUT2D eigenvalue weighted by molar-refractivity contribution is 6.30. The molecule has 1 amide bonds. The van der Waals surface area contributed by atoms with Crippen LogP contribution in [0.2, 0.25) is 10.4 Å². The maximum atomic E-state index is 14.3. The summed E-state index contributed by atoms with van der Waals surface area (Å²) in [6.45, 7) is 5.81. The molecule has 1 aliphatic heterocycles. The van der Waals surface area contributed by atoms with Gasteiger partial charge in [-0.05, 0) is 38.8 Å². The molecule has 1 aliphatic rings. The van der Waals surface area contributed by atoms with Gasteiger partial charge in [0, 0.05) is 19.3 Å². The molecule has 1 fully saturated rings. The molecule has 2 aromatic heterocycles. The minimum atomic E-state index is -0.800. The van der Waals surface area contributed by atoms with Crippen LogP contribution in [0.15, 0.2) is 6.20 Å². The van der Waals surface area contributed by atoms with Gasteiger partial charge in [0.1, 0.15) is 16.9 Å². The van der Waals surface area contributed by atoms with E-state index in [0.29, 0.717) is 24.2 Å². The molecule has 2 atom stereocenters. The van der Waals surface area contributed by atoms with Gasteiger partial charge < -0.3 is 20.1 Å². The number of β-amino-alcohol motifs (C(OH)–C–C–N with tert-alkyl or cyclic N) is 1. The molecule has 0 aromatic carbocycles. The summed E-state index contributed by atoms with van der Waals surface area (Å²) in [6.07, 6.45) is 0.355. The van der Waals surface area contributed by atoms with Crippen LogP contribution in [-0.2, 0) is 4.74 Å². The number of pyridine rings is 1.